The first-order valence-electron chi connectivity index (χ1n) is 3.78. The molecule has 68 valence electrons. The van der Waals surface area contributed by atoms with Crippen LogP contribution in [0, 0.1) is 0 Å². The van der Waals surface area contributed by atoms with Gasteiger partial charge in [0.15, 0.2) is 0 Å². The summed E-state index contributed by atoms with van der Waals surface area (Å²) in [5.41, 5.74) is 5.08. The number of likely N-dealkylation sites (tertiary alicyclic amines) is 1. The van der Waals surface area contributed by atoms with Crippen LogP contribution in [0.25, 0.3) is 0 Å². The fraction of sp³-hybridized carbons (Fsp3) is 0.714. The highest BCUT2D eigenvalue weighted by Crippen LogP contribution is 2.20. The van der Waals surface area contributed by atoms with Crippen LogP contribution in [-0.2, 0) is 9.59 Å². The van der Waals surface area contributed by atoms with E-state index in [4.69, 9.17) is 5.73 Å². The molecule has 2 N–H and O–H groups in total. The van der Waals surface area contributed by atoms with E-state index in [0.717, 1.165) is 6.42 Å². The van der Waals surface area contributed by atoms with Crippen molar-refractivity contribution in [3.63, 3.8) is 0 Å². The largest absolute Gasteiger partial charge is 0.368 e. The number of hydrogen-bond donors (Lipinski definition) is 1. The molecule has 1 saturated heterocycles. The molecule has 4 nitrogen and oxygen atoms in total. The monoisotopic (exact) mass is 234 g/mol. The van der Waals surface area contributed by atoms with Crippen molar-refractivity contribution in [2.24, 2.45) is 5.73 Å². The van der Waals surface area contributed by atoms with Crippen LogP contribution in [0.3, 0.4) is 0 Å². The summed E-state index contributed by atoms with van der Waals surface area (Å²) in [6, 6.07) is -0.486. The maximum atomic E-state index is 11.3. The van der Waals surface area contributed by atoms with E-state index in [1.807, 2.05) is 0 Å². The number of hydrogen-bond acceptors (Lipinski definition) is 2. The molecule has 1 aliphatic heterocycles. The number of halogens is 1. The van der Waals surface area contributed by atoms with Crippen molar-refractivity contribution in [1.82, 2.24) is 4.90 Å². The number of alkyl halides is 1. The summed E-state index contributed by atoms with van der Waals surface area (Å²) in [5, 5.41) is 0. The summed E-state index contributed by atoms with van der Waals surface area (Å²) in [4.78, 5) is 23.4. The Balaban J connectivity index is 2.65. The Morgan fingerprint density at radius 3 is 2.75 bits per heavy atom. The van der Waals surface area contributed by atoms with Crippen molar-refractivity contribution >= 4 is 27.7 Å². The fourth-order valence-electron chi connectivity index (χ4n) is 1.20. The molecular formula is C7H11BrN2O2. The molecular weight excluding hydrogens is 224 g/mol. The van der Waals surface area contributed by atoms with E-state index in [0.29, 0.717) is 6.54 Å². The van der Waals surface area contributed by atoms with Gasteiger partial charge in [0.2, 0.25) is 11.8 Å². The molecule has 1 aliphatic rings. The average molecular weight is 235 g/mol. The first-order chi connectivity index (χ1) is 5.54. The predicted molar refractivity (Wildman–Crippen MR) is 47.7 cm³/mol. The predicted octanol–water partition coefficient (Wildman–Crippen LogP) is -0.144. The highest BCUT2D eigenvalue weighted by Gasteiger charge is 2.34. The fourth-order valence-corrected chi connectivity index (χ4v) is 1.67. The topological polar surface area (TPSA) is 63.4 Å². The van der Waals surface area contributed by atoms with E-state index in [9.17, 15) is 9.59 Å². The van der Waals surface area contributed by atoms with Gasteiger partial charge in [-0.15, -0.1) is 0 Å². The summed E-state index contributed by atoms with van der Waals surface area (Å²) in [6.45, 7) is 2.25. The van der Waals surface area contributed by atoms with Gasteiger partial charge in [-0.3, -0.25) is 9.59 Å². The Morgan fingerprint density at radius 1 is 1.83 bits per heavy atom. The highest BCUT2D eigenvalue weighted by atomic mass is 79.9. The van der Waals surface area contributed by atoms with Crippen molar-refractivity contribution in [3.8, 4) is 0 Å². The molecule has 1 fully saturated rings. The van der Waals surface area contributed by atoms with E-state index >= 15 is 0 Å². The highest BCUT2D eigenvalue weighted by molar-refractivity contribution is 9.10. The van der Waals surface area contributed by atoms with Gasteiger partial charge in [0.1, 0.15) is 6.04 Å². The number of carbonyl (C=O) groups excluding carboxylic acids is 2. The number of amides is 2. The maximum absolute atomic E-state index is 11.3. The molecule has 2 atom stereocenters. The van der Waals surface area contributed by atoms with Crippen molar-refractivity contribution in [2.75, 3.05) is 6.54 Å². The Bertz CT molecular complexity index is 219. The van der Waals surface area contributed by atoms with Crippen LogP contribution in [0.1, 0.15) is 13.3 Å². The zero-order chi connectivity index (χ0) is 9.30. The molecule has 0 radical (unpaired) electrons. The minimum Gasteiger partial charge on any atom is -0.368 e. The molecule has 1 heterocycles. The van der Waals surface area contributed by atoms with E-state index in [2.05, 4.69) is 15.9 Å². The molecule has 2 amide bonds. The minimum atomic E-state index is -0.486. The van der Waals surface area contributed by atoms with Crippen molar-refractivity contribution in [1.29, 1.82) is 0 Å². The minimum absolute atomic E-state index is 0.0405. The standard InChI is InChI=1S/C7H11BrN2O2/c1-4(6(9)11)10-3-2-5(8)7(10)12/h4-5H,2-3H2,1H3,(H2,9,11). The van der Waals surface area contributed by atoms with Gasteiger partial charge in [0.25, 0.3) is 0 Å². The number of carbonyl (C=O) groups is 2. The normalized spacial score (nSPS) is 26.0. The van der Waals surface area contributed by atoms with Gasteiger partial charge in [0, 0.05) is 6.54 Å². The van der Waals surface area contributed by atoms with Gasteiger partial charge in [-0.05, 0) is 13.3 Å². The van der Waals surface area contributed by atoms with Gasteiger partial charge in [-0.25, -0.2) is 0 Å². The van der Waals surface area contributed by atoms with Crippen LogP contribution in [0.15, 0.2) is 0 Å². The molecule has 0 saturated carbocycles. The molecule has 0 aliphatic carbocycles. The molecule has 12 heavy (non-hydrogen) atoms. The summed E-state index contributed by atoms with van der Waals surface area (Å²) in [7, 11) is 0. The maximum Gasteiger partial charge on any atom is 0.239 e. The smallest absolute Gasteiger partial charge is 0.239 e. The second kappa shape index (κ2) is 3.43. The van der Waals surface area contributed by atoms with E-state index < -0.39 is 11.9 Å². The van der Waals surface area contributed by atoms with Crippen LogP contribution >= 0.6 is 15.9 Å². The van der Waals surface area contributed by atoms with Crippen molar-refractivity contribution in [3.05, 3.63) is 0 Å². The second-order valence-corrected chi connectivity index (χ2v) is 3.97. The van der Waals surface area contributed by atoms with Gasteiger partial charge >= 0.3 is 0 Å². The lowest BCUT2D eigenvalue weighted by atomic mass is 10.3. The SMILES string of the molecule is CC(C(N)=O)N1CCC(Br)C1=O. The third kappa shape index (κ3) is 1.60. The van der Waals surface area contributed by atoms with Crippen LogP contribution in [-0.4, -0.2) is 34.1 Å². The van der Waals surface area contributed by atoms with Crippen LogP contribution in [0.4, 0.5) is 0 Å². The van der Waals surface area contributed by atoms with Crippen molar-refractivity contribution < 1.29 is 9.59 Å². The third-order valence-electron chi connectivity index (χ3n) is 2.05. The number of nitrogens with zero attached hydrogens (tertiary/aromatic N) is 1. The molecule has 5 heteroatoms. The molecule has 2 unspecified atom stereocenters. The molecule has 0 bridgehead atoms. The molecule has 1 rings (SSSR count). The summed E-state index contributed by atoms with van der Waals surface area (Å²) >= 11 is 3.22. The zero-order valence-corrected chi connectivity index (χ0v) is 8.37. The third-order valence-corrected chi connectivity index (χ3v) is 2.90. The van der Waals surface area contributed by atoms with Crippen LogP contribution in [0.2, 0.25) is 0 Å². The zero-order valence-electron chi connectivity index (χ0n) is 6.79. The number of primary amides is 1. The Labute approximate surface area is 79.2 Å². The summed E-state index contributed by atoms with van der Waals surface area (Å²) in [5.74, 6) is -0.494. The van der Waals surface area contributed by atoms with Gasteiger partial charge in [-0.2, -0.15) is 0 Å². The Morgan fingerprint density at radius 2 is 2.42 bits per heavy atom. The molecule has 0 aromatic rings. The van der Waals surface area contributed by atoms with Gasteiger partial charge < -0.3 is 10.6 Å². The lowest BCUT2D eigenvalue weighted by molar-refractivity contribution is -0.135. The first kappa shape index (κ1) is 9.51. The Kier molecular flexibility index (Phi) is 2.72. The quantitative estimate of drug-likeness (QED) is 0.677. The molecule has 0 aromatic carbocycles. The van der Waals surface area contributed by atoms with Gasteiger partial charge in [-0.1, -0.05) is 15.9 Å². The Hall–Kier alpha value is -0.580. The lowest BCUT2D eigenvalue weighted by Gasteiger charge is -2.20. The number of rotatable bonds is 2. The van der Waals surface area contributed by atoms with Crippen LogP contribution < -0.4 is 5.73 Å². The van der Waals surface area contributed by atoms with Crippen LogP contribution in [0.5, 0.6) is 0 Å². The van der Waals surface area contributed by atoms with Gasteiger partial charge in [0.05, 0.1) is 4.83 Å². The summed E-state index contributed by atoms with van der Waals surface area (Å²) < 4.78 is 0. The van der Waals surface area contributed by atoms with Crippen molar-refractivity contribution in [2.45, 2.75) is 24.2 Å². The van der Waals surface area contributed by atoms with E-state index in [1.165, 1.54) is 4.90 Å². The summed E-state index contributed by atoms with van der Waals surface area (Å²) in [6.07, 6.45) is 0.746. The molecule has 0 aromatic heterocycles. The average Bonchev–Trinajstić information content (AvgIpc) is 2.32. The second-order valence-electron chi connectivity index (χ2n) is 2.87. The lowest BCUT2D eigenvalue weighted by Crippen LogP contribution is -2.44. The molecule has 0 spiro atoms. The number of nitrogens with two attached hydrogens (primary N) is 1. The van der Waals surface area contributed by atoms with E-state index in [-0.39, 0.29) is 10.7 Å². The van der Waals surface area contributed by atoms with E-state index in [1.54, 1.807) is 6.92 Å². The first-order valence-corrected chi connectivity index (χ1v) is 4.69.